The van der Waals surface area contributed by atoms with Crippen molar-refractivity contribution >= 4 is 22.9 Å². The summed E-state index contributed by atoms with van der Waals surface area (Å²) in [5.41, 5.74) is 3.86. The number of aromatic nitrogens is 2. The highest BCUT2D eigenvalue weighted by Crippen LogP contribution is 2.12. The molecule has 0 unspecified atom stereocenters. The summed E-state index contributed by atoms with van der Waals surface area (Å²) in [5, 5.41) is 0. The summed E-state index contributed by atoms with van der Waals surface area (Å²) in [6, 6.07) is 13.2. The van der Waals surface area contributed by atoms with E-state index in [-0.39, 0.29) is 11.5 Å². The van der Waals surface area contributed by atoms with Crippen LogP contribution in [0.4, 0.5) is 0 Å². The Kier molecular flexibility index (Phi) is 3.74. The second-order valence-corrected chi connectivity index (χ2v) is 5.13. The molecule has 2 N–H and O–H groups in total. The van der Waals surface area contributed by atoms with Crippen LogP contribution in [-0.4, -0.2) is 15.8 Å². The highest BCUT2D eigenvalue weighted by molar-refractivity contribution is 6.08. The Morgan fingerprint density at radius 2 is 1.77 bits per heavy atom. The van der Waals surface area contributed by atoms with Crippen LogP contribution in [0.3, 0.4) is 0 Å². The number of allylic oxidation sites excluding steroid dienone is 1. The third-order valence-corrected chi connectivity index (χ3v) is 3.62. The number of nitrogens with one attached hydrogen (secondary N) is 2. The number of H-pyrrole nitrogens is 2. The molecule has 2 aromatic carbocycles. The molecule has 4 heteroatoms. The van der Waals surface area contributed by atoms with Gasteiger partial charge in [0.05, 0.1) is 11.0 Å². The predicted molar refractivity (Wildman–Crippen MR) is 88.1 cm³/mol. The molecule has 3 aromatic rings. The van der Waals surface area contributed by atoms with Gasteiger partial charge in [-0.2, -0.15) is 0 Å². The quantitative estimate of drug-likeness (QED) is 0.572. The van der Waals surface area contributed by atoms with E-state index in [2.05, 4.69) is 29.0 Å². The number of fused-ring (bicyclic) bond motifs is 1. The van der Waals surface area contributed by atoms with Crippen LogP contribution in [0.25, 0.3) is 17.1 Å². The average Bonchev–Trinajstić information content (AvgIpc) is 2.92. The van der Waals surface area contributed by atoms with Crippen molar-refractivity contribution in [3.63, 3.8) is 0 Å². The van der Waals surface area contributed by atoms with E-state index in [4.69, 9.17) is 0 Å². The van der Waals surface area contributed by atoms with E-state index in [1.54, 1.807) is 30.4 Å². The minimum Gasteiger partial charge on any atom is -0.306 e. The lowest BCUT2D eigenvalue weighted by molar-refractivity contribution is 0.104. The highest BCUT2D eigenvalue weighted by atomic mass is 16.1. The van der Waals surface area contributed by atoms with Gasteiger partial charge in [-0.25, -0.2) is 4.79 Å². The Labute approximate surface area is 127 Å². The van der Waals surface area contributed by atoms with E-state index in [9.17, 15) is 9.59 Å². The SMILES string of the molecule is CCc1ccc(C=CC(=O)c2ccc3[nH]c(=O)[nH]c3c2)cc1. The smallest absolute Gasteiger partial charge is 0.306 e. The van der Waals surface area contributed by atoms with Gasteiger partial charge in [0.15, 0.2) is 5.78 Å². The van der Waals surface area contributed by atoms with Gasteiger partial charge < -0.3 is 9.97 Å². The maximum absolute atomic E-state index is 12.2. The second kappa shape index (κ2) is 5.85. The molecule has 0 amide bonds. The first-order chi connectivity index (χ1) is 10.7. The second-order valence-electron chi connectivity index (χ2n) is 5.13. The zero-order valence-electron chi connectivity index (χ0n) is 12.2. The zero-order valence-corrected chi connectivity index (χ0v) is 12.2. The van der Waals surface area contributed by atoms with E-state index in [1.165, 1.54) is 5.56 Å². The fourth-order valence-corrected chi connectivity index (χ4v) is 2.32. The number of ketones is 1. The number of benzene rings is 2. The van der Waals surface area contributed by atoms with Crippen LogP contribution >= 0.6 is 0 Å². The van der Waals surface area contributed by atoms with Gasteiger partial charge in [0.2, 0.25) is 0 Å². The number of imidazole rings is 1. The summed E-state index contributed by atoms with van der Waals surface area (Å²) in [4.78, 5) is 28.7. The van der Waals surface area contributed by atoms with E-state index in [0.29, 0.717) is 16.6 Å². The summed E-state index contributed by atoms with van der Waals surface area (Å²) >= 11 is 0. The number of aryl methyl sites for hydroxylation is 1. The van der Waals surface area contributed by atoms with E-state index >= 15 is 0 Å². The van der Waals surface area contributed by atoms with Crippen molar-refractivity contribution in [3.8, 4) is 0 Å². The first kappa shape index (κ1) is 14.1. The fourth-order valence-electron chi connectivity index (χ4n) is 2.32. The summed E-state index contributed by atoms with van der Waals surface area (Å²) in [6.07, 6.45) is 4.34. The Bertz CT molecular complexity index is 899. The van der Waals surface area contributed by atoms with Gasteiger partial charge in [0.25, 0.3) is 0 Å². The van der Waals surface area contributed by atoms with Crippen LogP contribution in [0, 0.1) is 0 Å². The number of carbonyl (C=O) groups excluding carboxylic acids is 1. The lowest BCUT2D eigenvalue weighted by Gasteiger charge is -1.98. The molecule has 0 aliphatic heterocycles. The minimum atomic E-state index is -0.272. The third kappa shape index (κ3) is 2.91. The van der Waals surface area contributed by atoms with Crippen molar-refractivity contribution in [3.05, 3.63) is 75.7 Å². The number of rotatable bonds is 4. The molecule has 0 atom stereocenters. The summed E-state index contributed by atoms with van der Waals surface area (Å²) in [7, 11) is 0. The molecule has 110 valence electrons. The molecule has 1 heterocycles. The summed E-state index contributed by atoms with van der Waals surface area (Å²) < 4.78 is 0. The minimum absolute atomic E-state index is 0.0940. The van der Waals surface area contributed by atoms with Crippen LogP contribution in [0.5, 0.6) is 0 Å². The Hall–Kier alpha value is -2.88. The first-order valence-electron chi connectivity index (χ1n) is 7.19. The standard InChI is InChI=1S/C18H16N2O2/c1-2-12-3-5-13(6-4-12)7-10-17(21)14-8-9-15-16(11-14)20-18(22)19-15/h3-11H,2H2,1H3,(H2,19,20,22). The molecule has 22 heavy (non-hydrogen) atoms. The molecule has 0 fully saturated rings. The monoisotopic (exact) mass is 292 g/mol. The molecule has 0 aliphatic carbocycles. The van der Waals surface area contributed by atoms with Crippen LogP contribution < -0.4 is 5.69 Å². The third-order valence-electron chi connectivity index (χ3n) is 3.62. The van der Waals surface area contributed by atoms with Crippen LogP contribution in [0.2, 0.25) is 0 Å². The van der Waals surface area contributed by atoms with E-state index < -0.39 is 0 Å². The number of carbonyl (C=O) groups is 1. The average molecular weight is 292 g/mol. The van der Waals surface area contributed by atoms with Gasteiger partial charge in [-0.15, -0.1) is 0 Å². The Balaban J connectivity index is 1.82. The summed E-state index contributed by atoms with van der Waals surface area (Å²) in [6.45, 7) is 2.11. The van der Waals surface area contributed by atoms with Crippen molar-refractivity contribution in [2.75, 3.05) is 0 Å². The number of hydrogen-bond acceptors (Lipinski definition) is 2. The Morgan fingerprint density at radius 1 is 1.05 bits per heavy atom. The summed E-state index contributed by atoms with van der Waals surface area (Å²) in [5.74, 6) is -0.0940. The zero-order chi connectivity index (χ0) is 15.5. The van der Waals surface area contributed by atoms with Crippen molar-refractivity contribution in [2.24, 2.45) is 0 Å². The van der Waals surface area contributed by atoms with Gasteiger partial charge in [-0.3, -0.25) is 4.79 Å². The molecular formula is C18H16N2O2. The van der Waals surface area contributed by atoms with Crippen LogP contribution in [-0.2, 0) is 6.42 Å². The maximum atomic E-state index is 12.2. The molecule has 0 spiro atoms. The molecule has 0 bridgehead atoms. The van der Waals surface area contributed by atoms with Gasteiger partial charge in [-0.05, 0) is 41.8 Å². The van der Waals surface area contributed by atoms with E-state index in [0.717, 1.165) is 12.0 Å². The number of hydrogen-bond donors (Lipinski definition) is 2. The Morgan fingerprint density at radius 3 is 2.50 bits per heavy atom. The largest absolute Gasteiger partial charge is 0.323 e. The number of aromatic amines is 2. The topological polar surface area (TPSA) is 65.7 Å². The highest BCUT2D eigenvalue weighted by Gasteiger charge is 2.05. The molecule has 4 nitrogen and oxygen atoms in total. The fraction of sp³-hybridized carbons (Fsp3) is 0.111. The van der Waals surface area contributed by atoms with Crippen molar-refractivity contribution < 1.29 is 4.79 Å². The predicted octanol–water partition coefficient (Wildman–Crippen LogP) is 3.31. The molecule has 0 saturated carbocycles. The van der Waals surface area contributed by atoms with Crippen molar-refractivity contribution in [2.45, 2.75) is 13.3 Å². The van der Waals surface area contributed by atoms with Gasteiger partial charge in [0, 0.05) is 5.56 Å². The van der Waals surface area contributed by atoms with Crippen molar-refractivity contribution in [1.29, 1.82) is 0 Å². The molecular weight excluding hydrogens is 276 g/mol. The molecule has 0 saturated heterocycles. The first-order valence-corrected chi connectivity index (χ1v) is 7.19. The maximum Gasteiger partial charge on any atom is 0.323 e. The molecule has 0 aliphatic rings. The molecule has 1 aromatic heterocycles. The normalized spacial score (nSPS) is 11.3. The lowest BCUT2D eigenvalue weighted by Crippen LogP contribution is -1.99. The van der Waals surface area contributed by atoms with Crippen LogP contribution in [0.1, 0.15) is 28.4 Å². The lowest BCUT2D eigenvalue weighted by atomic mass is 10.1. The van der Waals surface area contributed by atoms with Crippen LogP contribution in [0.15, 0.2) is 53.3 Å². The van der Waals surface area contributed by atoms with Crippen molar-refractivity contribution in [1.82, 2.24) is 9.97 Å². The molecule has 3 rings (SSSR count). The van der Waals surface area contributed by atoms with Gasteiger partial charge in [-0.1, -0.05) is 37.3 Å². The van der Waals surface area contributed by atoms with Gasteiger partial charge in [0.1, 0.15) is 0 Å². The van der Waals surface area contributed by atoms with E-state index in [1.807, 2.05) is 12.1 Å². The van der Waals surface area contributed by atoms with Gasteiger partial charge >= 0.3 is 5.69 Å². The molecule has 0 radical (unpaired) electrons.